The fourth-order valence-electron chi connectivity index (χ4n) is 4.01. The van der Waals surface area contributed by atoms with E-state index in [1.54, 1.807) is 25.2 Å². The molecule has 0 atom stereocenters. The molecule has 28 heavy (non-hydrogen) atoms. The SMILES string of the molecule is CN=C(NCC1(c2cccc(F)c2)CC1)N1CCN(c2ccccc2O)CC1. The molecule has 2 aromatic carbocycles. The number of aromatic hydroxyl groups is 1. The third-order valence-corrected chi connectivity index (χ3v) is 5.89. The number of benzene rings is 2. The first-order chi connectivity index (χ1) is 13.6. The zero-order valence-corrected chi connectivity index (χ0v) is 16.2. The molecule has 4 rings (SSSR count). The van der Waals surface area contributed by atoms with Crippen LogP contribution in [0.2, 0.25) is 0 Å². The molecule has 1 aliphatic carbocycles. The smallest absolute Gasteiger partial charge is 0.193 e. The summed E-state index contributed by atoms with van der Waals surface area (Å²) in [5.41, 5.74) is 1.98. The number of hydrogen-bond donors (Lipinski definition) is 2. The van der Waals surface area contributed by atoms with E-state index in [4.69, 9.17) is 0 Å². The zero-order valence-electron chi connectivity index (χ0n) is 16.2. The minimum absolute atomic E-state index is 0.0235. The second-order valence-corrected chi connectivity index (χ2v) is 7.65. The fourth-order valence-corrected chi connectivity index (χ4v) is 4.01. The average molecular weight is 382 g/mol. The third kappa shape index (κ3) is 3.77. The molecule has 1 aliphatic heterocycles. The van der Waals surface area contributed by atoms with Crippen LogP contribution in [0.4, 0.5) is 10.1 Å². The van der Waals surface area contributed by atoms with E-state index >= 15 is 0 Å². The van der Waals surface area contributed by atoms with Crippen LogP contribution < -0.4 is 10.2 Å². The number of guanidine groups is 1. The molecule has 2 aromatic rings. The maximum Gasteiger partial charge on any atom is 0.193 e. The first-order valence-electron chi connectivity index (χ1n) is 9.86. The molecule has 2 N–H and O–H groups in total. The fraction of sp³-hybridized carbons (Fsp3) is 0.409. The van der Waals surface area contributed by atoms with E-state index in [1.165, 1.54) is 6.07 Å². The summed E-state index contributed by atoms with van der Waals surface area (Å²) in [6.45, 7) is 4.09. The van der Waals surface area contributed by atoms with Gasteiger partial charge in [0.1, 0.15) is 11.6 Å². The first-order valence-corrected chi connectivity index (χ1v) is 9.86. The van der Waals surface area contributed by atoms with Crippen molar-refractivity contribution in [3.05, 3.63) is 59.9 Å². The number of piperazine rings is 1. The monoisotopic (exact) mass is 382 g/mol. The van der Waals surface area contributed by atoms with E-state index in [0.717, 1.165) is 62.8 Å². The molecule has 2 fully saturated rings. The van der Waals surface area contributed by atoms with Gasteiger partial charge in [-0.2, -0.15) is 0 Å². The van der Waals surface area contributed by atoms with Gasteiger partial charge in [-0.1, -0.05) is 24.3 Å². The highest BCUT2D eigenvalue weighted by molar-refractivity contribution is 5.80. The number of rotatable bonds is 4. The Morgan fingerprint density at radius 3 is 2.50 bits per heavy atom. The number of para-hydroxylation sites is 2. The topological polar surface area (TPSA) is 51.1 Å². The van der Waals surface area contributed by atoms with Crippen molar-refractivity contribution in [1.82, 2.24) is 10.2 Å². The number of nitrogens with one attached hydrogen (secondary N) is 1. The molecule has 5 nitrogen and oxygen atoms in total. The van der Waals surface area contributed by atoms with Crippen molar-refractivity contribution in [3.63, 3.8) is 0 Å². The van der Waals surface area contributed by atoms with Gasteiger partial charge >= 0.3 is 0 Å². The van der Waals surface area contributed by atoms with E-state index < -0.39 is 0 Å². The van der Waals surface area contributed by atoms with Crippen molar-refractivity contribution < 1.29 is 9.50 Å². The molecular formula is C22H27FN4O. The third-order valence-electron chi connectivity index (χ3n) is 5.89. The lowest BCUT2D eigenvalue weighted by Gasteiger charge is -2.38. The summed E-state index contributed by atoms with van der Waals surface area (Å²) in [7, 11) is 1.81. The molecule has 0 radical (unpaired) electrons. The lowest BCUT2D eigenvalue weighted by molar-refractivity contribution is 0.368. The van der Waals surface area contributed by atoms with Crippen molar-refractivity contribution in [2.75, 3.05) is 44.7 Å². The molecule has 6 heteroatoms. The number of phenolic OH excluding ortho intramolecular Hbond substituents is 1. The summed E-state index contributed by atoms with van der Waals surface area (Å²) in [5.74, 6) is 1.04. The van der Waals surface area contributed by atoms with Gasteiger partial charge in [0, 0.05) is 45.2 Å². The van der Waals surface area contributed by atoms with Crippen molar-refractivity contribution in [1.29, 1.82) is 0 Å². The van der Waals surface area contributed by atoms with E-state index in [1.807, 2.05) is 24.3 Å². The van der Waals surface area contributed by atoms with E-state index in [9.17, 15) is 9.50 Å². The number of halogens is 1. The Hall–Kier alpha value is -2.76. The maximum atomic E-state index is 13.6. The molecule has 0 amide bonds. The average Bonchev–Trinajstić information content (AvgIpc) is 3.51. The van der Waals surface area contributed by atoms with Crippen molar-refractivity contribution in [2.45, 2.75) is 18.3 Å². The largest absolute Gasteiger partial charge is 0.506 e. The van der Waals surface area contributed by atoms with Crippen LogP contribution in [0.1, 0.15) is 18.4 Å². The Bertz CT molecular complexity index is 857. The predicted octanol–water partition coefficient (Wildman–Crippen LogP) is 2.96. The molecular weight excluding hydrogens is 355 g/mol. The van der Waals surface area contributed by atoms with Gasteiger partial charge in [-0.3, -0.25) is 4.99 Å². The Morgan fingerprint density at radius 1 is 1.11 bits per heavy atom. The first kappa shape index (κ1) is 18.6. The number of nitrogens with zero attached hydrogens (tertiary/aromatic N) is 3. The summed E-state index contributed by atoms with van der Waals surface area (Å²) in [6, 6.07) is 14.4. The van der Waals surface area contributed by atoms with Crippen molar-refractivity contribution in [3.8, 4) is 5.75 Å². The predicted molar refractivity (Wildman–Crippen MR) is 111 cm³/mol. The molecule has 1 heterocycles. The number of aliphatic imine (C=N–C) groups is 1. The number of phenols is 1. The van der Waals surface area contributed by atoms with E-state index in [2.05, 4.69) is 20.1 Å². The Balaban J connectivity index is 1.35. The molecule has 1 saturated carbocycles. The van der Waals surface area contributed by atoms with Gasteiger partial charge < -0.3 is 20.2 Å². The highest BCUT2D eigenvalue weighted by atomic mass is 19.1. The second kappa shape index (κ2) is 7.70. The van der Waals surface area contributed by atoms with Crippen LogP contribution in [-0.2, 0) is 5.41 Å². The van der Waals surface area contributed by atoms with Crippen LogP contribution in [0.5, 0.6) is 5.75 Å². The summed E-state index contributed by atoms with van der Waals surface area (Å²) in [6.07, 6.45) is 2.14. The summed E-state index contributed by atoms with van der Waals surface area (Å²) in [5, 5.41) is 13.6. The maximum absolute atomic E-state index is 13.6. The summed E-state index contributed by atoms with van der Waals surface area (Å²) < 4.78 is 13.6. The molecule has 1 saturated heterocycles. The van der Waals surface area contributed by atoms with Crippen LogP contribution in [0.15, 0.2) is 53.5 Å². The van der Waals surface area contributed by atoms with Crippen LogP contribution >= 0.6 is 0 Å². The highest BCUT2D eigenvalue weighted by Gasteiger charge is 2.44. The van der Waals surface area contributed by atoms with Gasteiger partial charge in [0.25, 0.3) is 0 Å². The van der Waals surface area contributed by atoms with Crippen LogP contribution in [0.3, 0.4) is 0 Å². The van der Waals surface area contributed by atoms with Gasteiger partial charge in [0.2, 0.25) is 0 Å². The number of anilines is 1. The summed E-state index contributed by atoms with van der Waals surface area (Å²) >= 11 is 0. The van der Waals surface area contributed by atoms with Crippen molar-refractivity contribution >= 4 is 11.6 Å². The highest BCUT2D eigenvalue weighted by Crippen LogP contribution is 2.47. The molecule has 0 bridgehead atoms. The van der Waals surface area contributed by atoms with E-state index in [0.29, 0.717) is 5.75 Å². The Morgan fingerprint density at radius 2 is 1.86 bits per heavy atom. The van der Waals surface area contributed by atoms with E-state index in [-0.39, 0.29) is 11.2 Å². The van der Waals surface area contributed by atoms with Gasteiger partial charge in [-0.15, -0.1) is 0 Å². The Labute approximate surface area is 165 Å². The van der Waals surface area contributed by atoms with Gasteiger partial charge in [-0.25, -0.2) is 4.39 Å². The molecule has 0 spiro atoms. The molecule has 0 unspecified atom stereocenters. The van der Waals surface area contributed by atoms with Crippen molar-refractivity contribution in [2.24, 2.45) is 4.99 Å². The summed E-state index contributed by atoms with van der Waals surface area (Å²) in [4.78, 5) is 8.91. The zero-order chi connectivity index (χ0) is 19.6. The second-order valence-electron chi connectivity index (χ2n) is 7.65. The lowest BCUT2D eigenvalue weighted by atomic mass is 9.96. The van der Waals surface area contributed by atoms with Gasteiger partial charge in [-0.05, 0) is 42.7 Å². The van der Waals surface area contributed by atoms with Gasteiger partial charge in [0.05, 0.1) is 5.69 Å². The number of hydrogen-bond acceptors (Lipinski definition) is 3. The molecule has 2 aliphatic rings. The quantitative estimate of drug-likeness (QED) is 0.631. The molecule has 148 valence electrons. The van der Waals surface area contributed by atoms with Crippen LogP contribution in [0.25, 0.3) is 0 Å². The standard InChI is InChI=1S/C22H27FN4O/c1-24-21(25-16-22(9-10-22)17-5-4-6-18(23)15-17)27-13-11-26(12-14-27)19-7-2-3-8-20(19)28/h2-8,15,28H,9-14,16H2,1H3,(H,24,25). The Kier molecular flexibility index (Phi) is 5.11. The minimum atomic E-state index is -0.173. The van der Waals surface area contributed by atoms with Crippen LogP contribution in [0, 0.1) is 5.82 Å². The van der Waals surface area contributed by atoms with Gasteiger partial charge in [0.15, 0.2) is 5.96 Å². The van der Waals surface area contributed by atoms with Crippen LogP contribution in [-0.4, -0.2) is 55.7 Å². The normalized spacial score (nSPS) is 18.9. The molecule has 0 aromatic heterocycles. The minimum Gasteiger partial charge on any atom is -0.506 e. The lowest BCUT2D eigenvalue weighted by Crippen LogP contribution is -2.53.